The van der Waals surface area contributed by atoms with Crippen LogP contribution in [0.15, 0.2) is 4.52 Å². The van der Waals surface area contributed by atoms with E-state index in [1.807, 2.05) is 0 Å². The third kappa shape index (κ3) is 3.02. The molecule has 84 valence electrons. The smallest absolute Gasteiger partial charge is 0.226 e. The van der Waals surface area contributed by atoms with E-state index >= 15 is 0 Å². The molecule has 4 heteroatoms. The van der Waals surface area contributed by atoms with Gasteiger partial charge in [0.25, 0.3) is 0 Å². The summed E-state index contributed by atoms with van der Waals surface area (Å²) >= 11 is 0. The zero-order valence-corrected chi connectivity index (χ0v) is 9.11. The van der Waals surface area contributed by atoms with Crippen molar-refractivity contribution >= 4 is 0 Å². The summed E-state index contributed by atoms with van der Waals surface area (Å²) in [7, 11) is 0. The Balaban J connectivity index is 1.83. The Morgan fingerprint density at radius 3 is 2.87 bits per heavy atom. The Bertz CT molecular complexity index is 292. The fourth-order valence-corrected chi connectivity index (χ4v) is 2.20. The van der Waals surface area contributed by atoms with Gasteiger partial charge in [0.2, 0.25) is 5.89 Å². The van der Waals surface area contributed by atoms with Gasteiger partial charge in [0.1, 0.15) is 0 Å². The summed E-state index contributed by atoms with van der Waals surface area (Å²) in [5.41, 5.74) is 5.43. The molecule has 1 aromatic heterocycles. The van der Waals surface area contributed by atoms with Crippen LogP contribution in [0.3, 0.4) is 0 Å². The molecule has 1 aliphatic rings. The van der Waals surface area contributed by atoms with Crippen molar-refractivity contribution in [3.8, 4) is 0 Å². The summed E-state index contributed by atoms with van der Waals surface area (Å²) in [4.78, 5) is 4.38. The van der Waals surface area contributed by atoms with Gasteiger partial charge in [-0.15, -0.1) is 0 Å². The molecule has 0 aliphatic heterocycles. The summed E-state index contributed by atoms with van der Waals surface area (Å²) in [6.07, 6.45) is 8.10. The van der Waals surface area contributed by atoms with Gasteiger partial charge in [-0.3, -0.25) is 0 Å². The van der Waals surface area contributed by atoms with E-state index in [4.69, 9.17) is 10.3 Å². The normalized spacial score (nSPS) is 17.4. The lowest BCUT2D eigenvalue weighted by atomic mass is 10.0. The van der Waals surface area contributed by atoms with E-state index in [-0.39, 0.29) is 0 Å². The molecule has 1 aromatic rings. The lowest BCUT2D eigenvalue weighted by molar-refractivity contribution is 0.349. The topological polar surface area (TPSA) is 64.9 Å². The second kappa shape index (κ2) is 5.26. The number of nitrogens with two attached hydrogens (primary N) is 1. The SMILES string of the molecule is NCCCc1noc(CC2CCCC2)n1. The quantitative estimate of drug-likeness (QED) is 0.801. The van der Waals surface area contributed by atoms with Crippen LogP contribution in [0.4, 0.5) is 0 Å². The molecular weight excluding hydrogens is 190 g/mol. The molecule has 0 atom stereocenters. The van der Waals surface area contributed by atoms with Crippen LogP contribution < -0.4 is 5.73 Å². The van der Waals surface area contributed by atoms with Gasteiger partial charge in [0.15, 0.2) is 5.82 Å². The van der Waals surface area contributed by atoms with E-state index in [0.717, 1.165) is 36.9 Å². The summed E-state index contributed by atoms with van der Waals surface area (Å²) in [5, 5.41) is 3.95. The maximum atomic E-state index is 5.43. The fraction of sp³-hybridized carbons (Fsp3) is 0.818. The summed E-state index contributed by atoms with van der Waals surface area (Å²) in [5.74, 6) is 2.40. The van der Waals surface area contributed by atoms with Crippen molar-refractivity contribution in [2.45, 2.75) is 44.9 Å². The van der Waals surface area contributed by atoms with Crippen LogP contribution >= 0.6 is 0 Å². The van der Waals surface area contributed by atoms with Crippen molar-refractivity contribution in [3.63, 3.8) is 0 Å². The molecule has 0 saturated heterocycles. The third-order valence-corrected chi connectivity index (χ3v) is 3.05. The summed E-state index contributed by atoms with van der Waals surface area (Å²) < 4.78 is 5.22. The predicted molar refractivity (Wildman–Crippen MR) is 57.3 cm³/mol. The first-order valence-electron chi connectivity index (χ1n) is 5.90. The molecule has 0 amide bonds. The third-order valence-electron chi connectivity index (χ3n) is 3.05. The van der Waals surface area contributed by atoms with Crippen molar-refractivity contribution in [2.24, 2.45) is 11.7 Å². The number of nitrogens with zero attached hydrogens (tertiary/aromatic N) is 2. The maximum absolute atomic E-state index is 5.43. The molecule has 0 aromatic carbocycles. The molecular formula is C11H19N3O. The van der Waals surface area contributed by atoms with Crippen molar-refractivity contribution in [1.29, 1.82) is 0 Å². The maximum Gasteiger partial charge on any atom is 0.226 e. The van der Waals surface area contributed by atoms with Crippen LogP contribution in [0.1, 0.15) is 43.8 Å². The minimum Gasteiger partial charge on any atom is -0.339 e. The van der Waals surface area contributed by atoms with E-state index in [1.54, 1.807) is 0 Å². The molecule has 2 N–H and O–H groups in total. The highest BCUT2D eigenvalue weighted by Gasteiger charge is 2.18. The monoisotopic (exact) mass is 209 g/mol. The second-order valence-electron chi connectivity index (χ2n) is 4.35. The van der Waals surface area contributed by atoms with E-state index in [1.165, 1.54) is 25.7 Å². The molecule has 0 radical (unpaired) electrons. The average Bonchev–Trinajstić information content (AvgIpc) is 2.87. The number of hydrogen-bond donors (Lipinski definition) is 1. The molecule has 0 spiro atoms. The van der Waals surface area contributed by atoms with Gasteiger partial charge >= 0.3 is 0 Å². The van der Waals surface area contributed by atoms with Crippen LogP contribution in [0, 0.1) is 5.92 Å². The van der Waals surface area contributed by atoms with Crippen LogP contribution in [0.25, 0.3) is 0 Å². The van der Waals surface area contributed by atoms with Crippen molar-refractivity contribution < 1.29 is 4.52 Å². The zero-order chi connectivity index (χ0) is 10.5. The van der Waals surface area contributed by atoms with Gasteiger partial charge < -0.3 is 10.3 Å². The van der Waals surface area contributed by atoms with E-state index in [9.17, 15) is 0 Å². The van der Waals surface area contributed by atoms with Gasteiger partial charge in [0.05, 0.1) is 0 Å². The minimum atomic E-state index is 0.687. The van der Waals surface area contributed by atoms with E-state index < -0.39 is 0 Å². The Morgan fingerprint density at radius 2 is 2.13 bits per heavy atom. The van der Waals surface area contributed by atoms with Gasteiger partial charge in [0, 0.05) is 12.8 Å². The molecule has 4 nitrogen and oxygen atoms in total. The average molecular weight is 209 g/mol. The van der Waals surface area contributed by atoms with E-state index in [0.29, 0.717) is 6.54 Å². The number of hydrogen-bond acceptors (Lipinski definition) is 4. The first-order valence-corrected chi connectivity index (χ1v) is 5.90. The Labute approximate surface area is 90.2 Å². The van der Waals surface area contributed by atoms with Crippen LogP contribution in [0.2, 0.25) is 0 Å². The highest BCUT2D eigenvalue weighted by molar-refractivity contribution is 4.89. The van der Waals surface area contributed by atoms with Gasteiger partial charge in [-0.1, -0.05) is 18.0 Å². The molecule has 1 fully saturated rings. The zero-order valence-electron chi connectivity index (χ0n) is 9.11. The number of aromatic nitrogens is 2. The first-order chi connectivity index (χ1) is 7.38. The van der Waals surface area contributed by atoms with Gasteiger partial charge in [-0.25, -0.2) is 0 Å². The lowest BCUT2D eigenvalue weighted by Crippen LogP contribution is -2.02. The molecule has 15 heavy (non-hydrogen) atoms. The first kappa shape index (κ1) is 10.6. The number of aryl methyl sites for hydroxylation is 1. The van der Waals surface area contributed by atoms with Crippen LogP contribution in [-0.2, 0) is 12.8 Å². The van der Waals surface area contributed by atoms with Crippen LogP contribution in [0.5, 0.6) is 0 Å². The van der Waals surface area contributed by atoms with Gasteiger partial charge in [-0.05, 0) is 31.7 Å². The molecule has 0 bridgehead atoms. The van der Waals surface area contributed by atoms with Crippen molar-refractivity contribution in [1.82, 2.24) is 10.1 Å². The fourth-order valence-electron chi connectivity index (χ4n) is 2.20. The van der Waals surface area contributed by atoms with Crippen molar-refractivity contribution in [2.75, 3.05) is 6.54 Å². The minimum absolute atomic E-state index is 0.687. The molecule has 1 aliphatic carbocycles. The largest absolute Gasteiger partial charge is 0.339 e. The highest BCUT2D eigenvalue weighted by Crippen LogP contribution is 2.27. The Hall–Kier alpha value is -0.900. The van der Waals surface area contributed by atoms with Crippen molar-refractivity contribution in [3.05, 3.63) is 11.7 Å². The summed E-state index contributed by atoms with van der Waals surface area (Å²) in [6.45, 7) is 0.687. The molecule has 1 saturated carbocycles. The van der Waals surface area contributed by atoms with Gasteiger partial charge in [-0.2, -0.15) is 4.98 Å². The standard InChI is InChI=1S/C11H19N3O/c12-7-3-6-10-13-11(15-14-10)8-9-4-1-2-5-9/h9H,1-8,12H2. The predicted octanol–water partition coefficient (Wildman–Crippen LogP) is 1.69. The lowest BCUT2D eigenvalue weighted by Gasteiger charge is -2.02. The Morgan fingerprint density at radius 1 is 1.33 bits per heavy atom. The molecule has 1 heterocycles. The number of rotatable bonds is 5. The van der Waals surface area contributed by atoms with Crippen LogP contribution in [-0.4, -0.2) is 16.7 Å². The Kier molecular flexibility index (Phi) is 3.72. The summed E-state index contributed by atoms with van der Waals surface area (Å²) in [6, 6.07) is 0. The molecule has 2 rings (SSSR count). The second-order valence-corrected chi connectivity index (χ2v) is 4.35. The molecule has 0 unspecified atom stereocenters. The van der Waals surface area contributed by atoms with E-state index in [2.05, 4.69) is 10.1 Å². The highest BCUT2D eigenvalue weighted by atomic mass is 16.5.